The Balaban J connectivity index is 2.50. The number of hydrogen-bond acceptors (Lipinski definition) is 4. The van der Waals surface area contributed by atoms with Crippen molar-refractivity contribution in [1.82, 2.24) is 5.32 Å². The summed E-state index contributed by atoms with van der Waals surface area (Å²) in [5, 5.41) is 3.05. The van der Waals surface area contributed by atoms with Crippen molar-refractivity contribution in [2.45, 2.75) is 37.6 Å². The standard InChI is InChI=1S/C12H21F2NO3/c1-15-12(11(16)17-2)6-3-4-9(12)5-7-18-8-10(13)14/h9-10,15H,3-8H2,1-2H3. The summed E-state index contributed by atoms with van der Waals surface area (Å²) in [5.41, 5.74) is -0.678. The SMILES string of the molecule is CNC1(C(=O)OC)CCCC1CCOCC(F)F. The van der Waals surface area contributed by atoms with Gasteiger partial charge in [0.2, 0.25) is 0 Å². The zero-order chi connectivity index (χ0) is 13.6. The summed E-state index contributed by atoms with van der Waals surface area (Å²) < 4.78 is 33.6. The third-order valence-electron chi connectivity index (χ3n) is 3.67. The van der Waals surface area contributed by atoms with E-state index in [1.807, 2.05) is 0 Å². The highest BCUT2D eigenvalue weighted by Crippen LogP contribution is 2.38. The Kier molecular flexibility index (Phi) is 5.95. The van der Waals surface area contributed by atoms with Gasteiger partial charge in [-0.05, 0) is 32.2 Å². The summed E-state index contributed by atoms with van der Waals surface area (Å²) in [6.45, 7) is -0.299. The van der Waals surface area contributed by atoms with Gasteiger partial charge in [-0.1, -0.05) is 6.42 Å². The van der Waals surface area contributed by atoms with Gasteiger partial charge in [0.05, 0.1) is 7.11 Å². The van der Waals surface area contributed by atoms with Crippen LogP contribution in [0.2, 0.25) is 0 Å². The Bertz CT molecular complexity index is 276. The molecule has 0 amide bonds. The Morgan fingerprint density at radius 2 is 2.28 bits per heavy atom. The van der Waals surface area contributed by atoms with Crippen LogP contribution < -0.4 is 5.32 Å². The van der Waals surface area contributed by atoms with Gasteiger partial charge in [0.25, 0.3) is 6.43 Å². The van der Waals surface area contributed by atoms with Crippen LogP contribution in [0.4, 0.5) is 8.78 Å². The van der Waals surface area contributed by atoms with E-state index in [0.29, 0.717) is 6.42 Å². The Morgan fingerprint density at radius 1 is 1.56 bits per heavy atom. The van der Waals surface area contributed by atoms with Crippen LogP contribution in [0.5, 0.6) is 0 Å². The topological polar surface area (TPSA) is 47.6 Å². The molecule has 2 unspecified atom stereocenters. The largest absolute Gasteiger partial charge is 0.468 e. The second-order valence-electron chi connectivity index (χ2n) is 4.56. The van der Waals surface area contributed by atoms with Gasteiger partial charge in [0.15, 0.2) is 0 Å². The van der Waals surface area contributed by atoms with Crippen molar-refractivity contribution in [2.24, 2.45) is 5.92 Å². The van der Waals surface area contributed by atoms with E-state index in [0.717, 1.165) is 19.3 Å². The van der Waals surface area contributed by atoms with E-state index in [1.165, 1.54) is 7.11 Å². The molecule has 0 aliphatic heterocycles. The zero-order valence-electron chi connectivity index (χ0n) is 10.9. The predicted molar refractivity (Wildman–Crippen MR) is 62.6 cm³/mol. The number of carbonyl (C=O) groups excluding carboxylic acids is 1. The molecule has 1 rings (SSSR count). The van der Waals surface area contributed by atoms with Gasteiger partial charge in [0.1, 0.15) is 12.1 Å². The second kappa shape index (κ2) is 6.99. The average Bonchev–Trinajstić information content (AvgIpc) is 2.77. The lowest BCUT2D eigenvalue weighted by atomic mass is 9.85. The molecular formula is C12H21F2NO3. The molecule has 4 nitrogen and oxygen atoms in total. The number of halogens is 2. The molecule has 1 aliphatic rings. The molecule has 1 aliphatic carbocycles. The number of hydrogen-bond donors (Lipinski definition) is 1. The first-order valence-electron chi connectivity index (χ1n) is 6.20. The second-order valence-corrected chi connectivity index (χ2v) is 4.56. The minimum Gasteiger partial charge on any atom is -0.468 e. The van der Waals surface area contributed by atoms with E-state index in [1.54, 1.807) is 7.05 Å². The highest BCUT2D eigenvalue weighted by molar-refractivity contribution is 5.81. The van der Waals surface area contributed by atoms with Crippen molar-refractivity contribution in [3.8, 4) is 0 Å². The lowest BCUT2D eigenvalue weighted by Crippen LogP contribution is -2.54. The van der Waals surface area contributed by atoms with E-state index < -0.39 is 18.6 Å². The molecule has 1 fully saturated rings. The summed E-state index contributed by atoms with van der Waals surface area (Å²) in [4.78, 5) is 11.9. The van der Waals surface area contributed by atoms with Crippen LogP contribution in [0.25, 0.3) is 0 Å². The number of methoxy groups -OCH3 is 1. The number of carbonyl (C=O) groups is 1. The minimum absolute atomic E-state index is 0.0765. The molecule has 1 saturated carbocycles. The van der Waals surface area contributed by atoms with Gasteiger partial charge in [-0.3, -0.25) is 4.79 Å². The zero-order valence-corrected chi connectivity index (χ0v) is 10.9. The number of nitrogens with one attached hydrogen (secondary N) is 1. The molecule has 0 aromatic carbocycles. The van der Waals surface area contributed by atoms with Crippen molar-refractivity contribution in [2.75, 3.05) is 27.4 Å². The quantitative estimate of drug-likeness (QED) is 0.561. The third kappa shape index (κ3) is 3.38. The van der Waals surface area contributed by atoms with Crippen LogP contribution in [0.1, 0.15) is 25.7 Å². The van der Waals surface area contributed by atoms with E-state index in [4.69, 9.17) is 9.47 Å². The molecule has 0 aromatic heterocycles. The monoisotopic (exact) mass is 265 g/mol. The van der Waals surface area contributed by atoms with Gasteiger partial charge in [0, 0.05) is 6.61 Å². The molecule has 0 spiro atoms. The fourth-order valence-electron chi connectivity index (χ4n) is 2.75. The maximum atomic E-state index is 11.9. The smallest absolute Gasteiger partial charge is 0.326 e. The summed E-state index contributed by atoms with van der Waals surface area (Å²) >= 11 is 0. The van der Waals surface area contributed by atoms with Crippen molar-refractivity contribution in [3.05, 3.63) is 0 Å². The molecule has 0 saturated heterocycles. The highest BCUT2D eigenvalue weighted by Gasteiger charge is 2.48. The number of rotatable bonds is 7. The van der Waals surface area contributed by atoms with E-state index in [-0.39, 0.29) is 18.5 Å². The van der Waals surface area contributed by atoms with Crippen LogP contribution in [-0.4, -0.2) is 45.3 Å². The first-order valence-corrected chi connectivity index (χ1v) is 6.20. The molecule has 0 heterocycles. The molecule has 0 bridgehead atoms. The molecular weight excluding hydrogens is 244 g/mol. The number of likely N-dealkylation sites (N-methyl/N-ethyl adjacent to an activating group) is 1. The lowest BCUT2D eigenvalue weighted by Gasteiger charge is -2.32. The minimum atomic E-state index is -2.44. The first-order chi connectivity index (χ1) is 8.56. The van der Waals surface area contributed by atoms with Crippen LogP contribution in [0, 0.1) is 5.92 Å². The van der Waals surface area contributed by atoms with Crippen LogP contribution >= 0.6 is 0 Å². The average molecular weight is 265 g/mol. The predicted octanol–water partition coefficient (Wildman–Crippen LogP) is 1.59. The van der Waals surface area contributed by atoms with Crippen molar-refractivity contribution >= 4 is 5.97 Å². The number of ether oxygens (including phenoxy) is 2. The molecule has 18 heavy (non-hydrogen) atoms. The van der Waals surface area contributed by atoms with E-state index in [9.17, 15) is 13.6 Å². The summed E-state index contributed by atoms with van der Waals surface area (Å²) in [6, 6.07) is 0. The molecule has 0 aromatic rings. The maximum Gasteiger partial charge on any atom is 0.326 e. The van der Waals surface area contributed by atoms with Gasteiger partial charge >= 0.3 is 5.97 Å². The van der Waals surface area contributed by atoms with Crippen molar-refractivity contribution < 1.29 is 23.0 Å². The highest BCUT2D eigenvalue weighted by atomic mass is 19.3. The summed E-state index contributed by atoms with van der Waals surface area (Å²) in [7, 11) is 3.10. The van der Waals surface area contributed by atoms with Gasteiger partial charge in [-0.15, -0.1) is 0 Å². The maximum absolute atomic E-state index is 11.9. The fraction of sp³-hybridized carbons (Fsp3) is 0.917. The summed E-state index contributed by atoms with van der Waals surface area (Å²) in [6.07, 6.45) is 0.671. The lowest BCUT2D eigenvalue weighted by molar-refractivity contribution is -0.150. The van der Waals surface area contributed by atoms with Crippen LogP contribution in [0.15, 0.2) is 0 Å². The fourth-order valence-corrected chi connectivity index (χ4v) is 2.75. The van der Waals surface area contributed by atoms with Gasteiger partial charge in [-0.25, -0.2) is 8.78 Å². The number of esters is 1. The molecule has 106 valence electrons. The normalized spacial score (nSPS) is 27.7. The molecule has 0 radical (unpaired) electrons. The Hall–Kier alpha value is -0.750. The van der Waals surface area contributed by atoms with Gasteiger partial charge in [-0.2, -0.15) is 0 Å². The molecule has 6 heteroatoms. The van der Waals surface area contributed by atoms with Gasteiger partial charge < -0.3 is 14.8 Å². The van der Waals surface area contributed by atoms with Crippen LogP contribution in [-0.2, 0) is 14.3 Å². The molecule has 1 N–H and O–H groups in total. The summed E-state index contributed by atoms with van der Waals surface area (Å²) in [5.74, 6) is -0.200. The molecule has 2 atom stereocenters. The van der Waals surface area contributed by atoms with E-state index >= 15 is 0 Å². The number of alkyl halides is 2. The van der Waals surface area contributed by atoms with Crippen LogP contribution in [0.3, 0.4) is 0 Å². The third-order valence-corrected chi connectivity index (χ3v) is 3.67. The van der Waals surface area contributed by atoms with E-state index in [2.05, 4.69) is 5.32 Å². The Morgan fingerprint density at radius 3 is 2.83 bits per heavy atom. The first kappa shape index (κ1) is 15.3. The van der Waals surface area contributed by atoms with Crippen molar-refractivity contribution in [3.63, 3.8) is 0 Å². The Labute approximate surface area is 106 Å². The van der Waals surface area contributed by atoms with Crippen molar-refractivity contribution in [1.29, 1.82) is 0 Å².